The molecule has 1 aliphatic heterocycles. The first kappa shape index (κ1) is 26.1. The molecule has 3 fully saturated rings. The Morgan fingerprint density at radius 2 is 1.86 bits per heavy atom. The molecule has 4 aliphatic rings. The number of hydrogen-bond acceptors (Lipinski definition) is 7. The van der Waals surface area contributed by atoms with Crippen LogP contribution in [0.4, 0.5) is 0 Å². The molecule has 7 nitrogen and oxygen atoms in total. The van der Waals surface area contributed by atoms with Crippen molar-refractivity contribution in [1.82, 2.24) is 0 Å². The number of aliphatic hydroxyl groups is 2. The van der Waals surface area contributed by atoms with Crippen molar-refractivity contribution in [2.45, 2.75) is 77.0 Å². The molecule has 2 N–H and O–H groups in total. The molecular formula is C30H38O7. The van der Waals surface area contributed by atoms with E-state index in [4.69, 9.17) is 14.2 Å². The highest BCUT2D eigenvalue weighted by molar-refractivity contribution is 5.87. The summed E-state index contributed by atoms with van der Waals surface area (Å²) < 4.78 is 17.6. The maximum atomic E-state index is 13.1. The lowest BCUT2D eigenvalue weighted by Gasteiger charge is -2.69. The van der Waals surface area contributed by atoms with E-state index in [1.165, 1.54) is 19.3 Å². The molecule has 8 atom stereocenters. The van der Waals surface area contributed by atoms with Crippen molar-refractivity contribution in [3.05, 3.63) is 53.6 Å². The zero-order valence-electron chi connectivity index (χ0n) is 22.3. The van der Waals surface area contributed by atoms with Crippen molar-refractivity contribution in [2.75, 3.05) is 7.11 Å². The lowest BCUT2D eigenvalue weighted by molar-refractivity contribution is -0.332. The van der Waals surface area contributed by atoms with Crippen LogP contribution in [0.3, 0.4) is 0 Å². The van der Waals surface area contributed by atoms with E-state index >= 15 is 0 Å². The minimum atomic E-state index is -1.52. The predicted octanol–water partition coefficient (Wildman–Crippen LogP) is 4.03. The van der Waals surface area contributed by atoms with Gasteiger partial charge in [-0.3, -0.25) is 0 Å². The lowest BCUT2D eigenvalue weighted by atomic mass is 9.39. The van der Waals surface area contributed by atoms with Crippen LogP contribution >= 0.6 is 0 Å². The fourth-order valence-corrected chi connectivity index (χ4v) is 8.26. The summed E-state index contributed by atoms with van der Waals surface area (Å²) in [5.41, 5.74) is -1.36. The molecule has 0 radical (unpaired) electrons. The SMILES string of the molecule is CO[C@@]12C[C@@H]3[C@@H]([C@@H](O)[C@@H](OC(=O)C=Cc4ccccc4)[C@@]4(O)C(C)(C)CCC[C@]34C)[C@H](C)C1=CC(=O)O2. The van der Waals surface area contributed by atoms with Crippen molar-refractivity contribution < 1.29 is 34.0 Å². The van der Waals surface area contributed by atoms with E-state index in [0.29, 0.717) is 18.4 Å². The number of carbonyl (C=O) groups is 2. The fourth-order valence-electron chi connectivity index (χ4n) is 8.26. The van der Waals surface area contributed by atoms with Gasteiger partial charge < -0.3 is 24.4 Å². The molecule has 37 heavy (non-hydrogen) atoms. The average Bonchev–Trinajstić information content (AvgIpc) is 3.21. The van der Waals surface area contributed by atoms with Gasteiger partial charge >= 0.3 is 11.9 Å². The molecule has 7 heteroatoms. The second-order valence-corrected chi connectivity index (χ2v) is 12.2. The zero-order chi connectivity index (χ0) is 26.8. The van der Waals surface area contributed by atoms with Crippen LogP contribution in [0.5, 0.6) is 0 Å². The van der Waals surface area contributed by atoms with E-state index in [2.05, 4.69) is 0 Å². The standard InChI is InChI=1S/C30H38O7/c1-18-20-16-23(32)37-29(20,35-5)17-21-24(18)25(33)26(30(34)27(2,3)14-9-15-28(21,30)4)36-22(31)13-12-19-10-7-6-8-11-19/h6-8,10-13,16,18,21,24-26,33-34H,9,14-15,17H2,1-5H3/t18-,21-,24+,25-,26-,28-,29-,30-/m1/s1. The Morgan fingerprint density at radius 3 is 2.54 bits per heavy atom. The zero-order valence-corrected chi connectivity index (χ0v) is 22.3. The summed E-state index contributed by atoms with van der Waals surface area (Å²) in [7, 11) is 1.53. The van der Waals surface area contributed by atoms with Gasteiger partial charge in [-0.25, -0.2) is 9.59 Å². The van der Waals surface area contributed by atoms with Gasteiger partial charge in [-0.2, -0.15) is 0 Å². The first-order valence-corrected chi connectivity index (χ1v) is 13.2. The lowest BCUT2D eigenvalue weighted by Crippen LogP contribution is -2.77. The number of methoxy groups -OCH3 is 1. The second kappa shape index (κ2) is 8.79. The second-order valence-electron chi connectivity index (χ2n) is 12.2. The third-order valence-corrected chi connectivity index (χ3v) is 10.1. The number of carbonyl (C=O) groups excluding carboxylic acids is 2. The average molecular weight is 511 g/mol. The van der Waals surface area contributed by atoms with Crippen LogP contribution in [-0.2, 0) is 23.8 Å². The highest BCUT2D eigenvalue weighted by atomic mass is 16.7. The van der Waals surface area contributed by atoms with Crippen LogP contribution in [0, 0.1) is 28.6 Å². The quantitative estimate of drug-likeness (QED) is 0.466. The largest absolute Gasteiger partial charge is 0.453 e. The van der Waals surface area contributed by atoms with Gasteiger partial charge in [0.1, 0.15) is 5.60 Å². The Labute approximate surface area is 218 Å². The third kappa shape index (κ3) is 3.65. The van der Waals surface area contributed by atoms with Gasteiger partial charge in [0.25, 0.3) is 0 Å². The highest BCUT2D eigenvalue weighted by Gasteiger charge is 2.75. The Kier molecular flexibility index (Phi) is 6.21. The number of rotatable bonds is 4. The van der Waals surface area contributed by atoms with Crippen molar-refractivity contribution in [1.29, 1.82) is 0 Å². The molecule has 3 aliphatic carbocycles. The minimum Gasteiger partial charge on any atom is -0.453 e. The molecule has 3 saturated carbocycles. The normalized spacial score (nSPS) is 42.3. The first-order chi connectivity index (χ1) is 17.4. The van der Waals surface area contributed by atoms with Crippen molar-refractivity contribution in [2.24, 2.45) is 28.6 Å². The van der Waals surface area contributed by atoms with Crippen LogP contribution in [-0.4, -0.2) is 52.9 Å². The van der Waals surface area contributed by atoms with Crippen LogP contribution < -0.4 is 0 Å². The Bertz CT molecular complexity index is 1140. The van der Waals surface area contributed by atoms with Crippen LogP contribution in [0.1, 0.15) is 58.9 Å². The van der Waals surface area contributed by atoms with E-state index in [0.717, 1.165) is 18.4 Å². The van der Waals surface area contributed by atoms with Gasteiger partial charge in [-0.1, -0.05) is 64.4 Å². The number of aliphatic hydroxyl groups excluding tert-OH is 1. The summed E-state index contributed by atoms with van der Waals surface area (Å²) in [5, 5.41) is 24.6. The van der Waals surface area contributed by atoms with E-state index in [1.54, 1.807) is 6.08 Å². The Hall–Kier alpha value is -2.48. The highest BCUT2D eigenvalue weighted by Crippen LogP contribution is 2.69. The van der Waals surface area contributed by atoms with E-state index in [1.807, 2.05) is 58.0 Å². The summed E-state index contributed by atoms with van der Waals surface area (Å²) >= 11 is 0. The number of esters is 2. The molecule has 1 aromatic rings. The minimum absolute atomic E-state index is 0.236. The summed E-state index contributed by atoms with van der Waals surface area (Å²) in [6.45, 7) is 7.96. The molecule has 200 valence electrons. The van der Waals surface area contributed by atoms with Crippen molar-refractivity contribution in [3.8, 4) is 0 Å². The van der Waals surface area contributed by atoms with Crippen LogP contribution in [0.2, 0.25) is 0 Å². The van der Waals surface area contributed by atoms with Gasteiger partial charge in [-0.15, -0.1) is 0 Å². The molecule has 5 rings (SSSR count). The van der Waals surface area contributed by atoms with Gasteiger partial charge in [0.05, 0.1) is 6.10 Å². The number of fused-ring (bicyclic) bond motifs is 4. The van der Waals surface area contributed by atoms with Crippen molar-refractivity contribution in [3.63, 3.8) is 0 Å². The molecule has 0 saturated heterocycles. The summed E-state index contributed by atoms with van der Waals surface area (Å²) in [5.74, 6) is -3.16. The third-order valence-electron chi connectivity index (χ3n) is 10.1. The monoisotopic (exact) mass is 510 g/mol. The summed E-state index contributed by atoms with van der Waals surface area (Å²) in [6, 6.07) is 9.41. The maximum Gasteiger partial charge on any atom is 0.333 e. The fraction of sp³-hybridized carbons (Fsp3) is 0.600. The maximum absolute atomic E-state index is 13.1. The van der Waals surface area contributed by atoms with E-state index in [-0.39, 0.29) is 17.8 Å². The van der Waals surface area contributed by atoms with Gasteiger partial charge in [-0.05, 0) is 47.6 Å². The number of ether oxygens (including phenoxy) is 3. The molecule has 1 aromatic carbocycles. The van der Waals surface area contributed by atoms with Gasteiger partial charge in [0.2, 0.25) is 5.79 Å². The topological polar surface area (TPSA) is 102 Å². The van der Waals surface area contributed by atoms with Crippen LogP contribution in [0.15, 0.2) is 48.1 Å². The molecule has 0 amide bonds. The van der Waals surface area contributed by atoms with Crippen LogP contribution in [0.25, 0.3) is 6.08 Å². The molecule has 1 heterocycles. The number of benzene rings is 1. The van der Waals surface area contributed by atoms with Gasteiger partial charge in [0, 0.05) is 36.7 Å². The van der Waals surface area contributed by atoms with Crippen molar-refractivity contribution >= 4 is 18.0 Å². The first-order valence-electron chi connectivity index (χ1n) is 13.2. The van der Waals surface area contributed by atoms with Gasteiger partial charge in [0.15, 0.2) is 6.10 Å². The summed E-state index contributed by atoms with van der Waals surface area (Å²) in [6.07, 6.45) is 4.82. The summed E-state index contributed by atoms with van der Waals surface area (Å²) in [4.78, 5) is 25.5. The molecular weight excluding hydrogens is 472 g/mol. The molecule has 0 bridgehead atoms. The Morgan fingerprint density at radius 1 is 1.16 bits per heavy atom. The number of hydrogen-bond donors (Lipinski definition) is 2. The van der Waals surface area contributed by atoms with E-state index < -0.39 is 46.4 Å². The molecule has 0 spiro atoms. The predicted molar refractivity (Wildman–Crippen MR) is 137 cm³/mol. The molecule has 0 aromatic heterocycles. The molecule has 0 unspecified atom stereocenters. The van der Waals surface area contributed by atoms with E-state index in [9.17, 15) is 19.8 Å². The smallest absolute Gasteiger partial charge is 0.333 e. The Balaban J connectivity index is 1.57.